The fourth-order valence-electron chi connectivity index (χ4n) is 3.98. The first-order valence-corrected chi connectivity index (χ1v) is 9.91. The van der Waals surface area contributed by atoms with Crippen LogP contribution in [0.3, 0.4) is 0 Å². The number of hydrogen-bond donors (Lipinski definition) is 0. The molecule has 0 atom stereocenters. The van der Waals surface area contributed by atoms with Gasteiger partial charge in [-0.3, -0.25) is 4.79 Å². The molecule has 1 aromatic carbocycles. The van der Waals surface area contributed by atoms with E-state index in [-0.39, 0.29) is 25.3 Å². The minimum atomic E-state index is -5.01. The maximum absolute atomic E-state index is 13.9. The predicted molar refractivity (Wildman–Crippen MR) is 97.9 cm³/mol. The van der Waals surface area contributed by atoms with E-state index in [1.54, 1.807) is 0 Å². The van der Waals surface area contributed by atoms with Gasteiger partial charge in [0.1, 0.15) is 0 Å². The molecule has 174 valence electrons. The summed E-state index contributed by atoms with van der Waals surface area (Å²) in [6, 6.07) is 3.36. The summed E-state index contributed by atoms with van der Waals surface area (Å²) in [5.41, 5.74) is -3.68. The van der Waals surface area contributed by atoms with Crippen molar-refractivity contribution in [2.75, 3.05) is 26.3 Å². The number of hydrogen-bond acceptors (Lipinski definition) is 4. The molecule has 2 aliphatic rings. The Morgan fingerprint density at radius 2 is 1.66 bits per heavy atom. The van der Waals surface area contributed by atoms with E-state index in [4.69, 9.17) is 9.47 Å². The number of piperidine rings is 1. The van der Waals surface area contributed by atoms with E-state index in [9.17, 15) is 31.1 Å². The van der Waals surface area contributed by atoms with Crippen LogP contribution in [0.1, 0.15) is 34.5 Å². The van der Waals surface area contributed by atoms with Crippen molar-refractivity contribution in [2.24, 2.45) is 5.92 Å². The highest BCUT2D eigenvalue weighted by Gasteiger charge is 2.42. The van der Waals surface area contributed by atoms with Crippen molar-refractivity contribution in [1.29, 1.82) is 0 Å². The first-order chi connectivity index (χ1) is 15.1. The van der Waals surface area contributed by atoms with Gasteiger partial charge in [0.25, 0.3) is 5.91 Å². The van der Waals surface area contributed by atoms with Crippen LogP contribution in [0.4, 0.5) is 26.3 Å². The van der Waals surface area contributed by atoms with Crippen molar-refractivity contribution in [3.05, 3.63) is 47.3 Å². The Bertz CT molecular complexity index is 974. The number of ether oxygens (including phenoxy) is 2. The second-order valence-electron chi connectivity index (χ2n) is 7.60. The Morgan fingerprint density at radius 1 is 1.00 bits per heavy atom. The minimum absolute atomic E-state index is 0.0384. The largest absolute Gasteiger partial charge is 0.434 e. The number of halogens is 6. The number of aromatic nitrogens is 2. The number of carbonyl (C=O) groups excluding carboxylic acids is 1. The Balaban J connectivity index is 1.60. The van der Waals surface area contributed by atoms with Crippen LogP contribution >= 0.6 is 0 Å². The van der Waals surface area contributed by atoms with E-state index in [0.29, 0.717) is 36.8 Å². The lowest BCUT2D eigenvalue weighted by Crippen LogP contribution is -2.42. The van der Waals surface area contributed by atoms with Gasteiger partial charge in [-0.05, 0) is 31.0 Å². The minimum Gasteiger partial charge on any atom is -0.350 e. The topological polar surface area (TPSA) is 56.6 Å². The van der Waals surface area contributed by atoms with Crippen LogP contribution in [0, 0.1) is 5.92 Å². The lowest BCUT2D eigenvalue weighted by Gasteiger charge is -2.33. The van der Waals surface area contributed by atoms with E-state index < -0.39 is 40.8 Å². The smallest absolute Gasteiger partial charge is 0.350 e. The third kappa shape index (κ3) is 4.46. The first kappa shape index (κ1) is 22.6. The molecule has 2 fully saturated rings. The van der Waals surface area contributed by atoms with Gasteiger partial charge in [0.15, 0.2) is 12.0 Å². The normalized spacial score (nSPS) is 19.0. The molecule has 0 N–H and O–H groups in total. The average molecular weight is 463 g/mol. The van der Waals surface area contributed by atoms with Crippen LogP contribution in [-0.4, -0.2) is 53.2 Å². The lowest BCUT2D eigenvalue weighted by atomic mass is 9.95. The van der Waals surface area contributed by atoms with Crippen LogP contribution < -0.4 is 0 Å². The standard InChI is InChI=1S/C20H19F6N3O3/c21-19(22,23)13-2-1-3-14(10-13)29-16(20(24,25)26)15(11-27-29)17(30)28-6-4-12(5-7-28)18-31-8-9-32-18/h1-3,10-12,18H,4-9H2. The highest BCUT2D eigenvalue weighted by Crippen LogP contribution is 2.36. The Kier molecular flexibility index (Phi) is 5.93. The molecule has 4 rings (SSSR count). The SMILES string of the molecule is O=C(c1cnn(-c2cccc(C(F)(F)F)c2)c1C(F)(F)F)N1CCC(C2OCCO2)CC1. The summed E-state index contributed by atoms with van der Waals surface area (Å²) in [5.74, 6) is -0.835. The molecular weight excluding hydrogens is 444 g/mol. The highest BCUT2D eigenvalue weighted by atomic mass is 19.4. The fourth-order valence-corrected chi connectivity index (χ4v) is 3.98. The third-order valence-electron chi connectivity index (χ3n) is 5.55. The summed E-state index contributed by atoms with van der Waals surface area (Å²) in [5, 5.41) is 3.61. The van der Waals surface area contributed by atoms with Crippen molar-refractivity contribution in [3.8, 4) is 5.69 Å². The van der Waals surface area contributed by atoms with E-state index in [1.807, 2.05) is 0 Å². The summed E-state index contributed by atoms with van der Waals surface area (Å²) in [7, 11) is 0. The van der Waals surface area contributed by atoms with Gasteiger partial charge in [-0.2, -0.15) is 31.4 Å². The van der Waals surface area contributed by atoms with Crippen LogP contribution in [0.15, 0.2) is 30.5 Å². The van der Waals surface area contributed by atoms with Gasteiger partial charge in [-0.15, -0.1) is 0 Å². The van der Waals surface area contributed by atoms with Crippen molar-refractivity contribution >= 4 is 5.91 Å². The third-order valence-corrected chi connectivity index (χ3v) is 5.55. The second-order valence-corrected chi connectivity index (χ2v) is 7.60. The Hall–Kier alpha value is -2.60. The highest BCUT2D eigenvalue weighted by molar-refractivity contribution is 5.95. The van der Waals surface area contributed by atoms with Crippen LogP contribution in [0.25, 0.3) is 5.69 Å². The molecule has 32 heavy (non-hydrogen) atoms. The monoisotopic (exact) mass is 463 g/mol. The lowest BCUT2D eigenvalue weighted by molar-refractivity contribution is -0.143. The van der Waals surface area contributed by atoms with E-state index in [2.05, 4.69) is 5.10 Å². The zero-order valence-corrected chi connectivity index (χ0v) is 16.6. The quantitative estimate of drug-likeness (QED) is 0.643. The molecular formula is C20H19F6N3O3. The molecule has 2 saturated heterocycles. The number of alkyl halides is 6. The maximum atomic E-state index is 13.9. The molecule has 2 aliphatic heterocycles. The number of likely N-dealkylation sites (tertiary alicyclic amines) is 1. The molecule has 12 heteroatoms. The summed E-state index contributed by atoms with van der Waals surface area (Å²) in [4.78, 5) is 14.2. The summed E-state index contributed by atoms with van der Waals surface area (Å²) < 4.78 is 91.9. The van der Waals surface area contributed by atoms with E-state index in [0.717, 1.165) is 24.4 Å². The van der Waals surface area contributed by atoms with Gasteiger partial charge in [0.05, 0.1) is 36.2 Å². The Labute approximate surface area is 178 Å². The molecule has 0 radical (unpaired) electrons. The molecule has 0 spiro atoms. The van der Waals surface area contributed by atoms with Gasteiger partial charge in [-0.25, -0.2) is 4.68 Å². The molecule has 1 aromatic heterocycles. The molecule has 1 amide bonds. The number of amides is 1. The molecule has 0 bridgehead atoms. The van der Waals surface area contributed by atoms with Gasteiger partial charge in [0, 0.05) is 19.0 Å². The fraction of sp³-hybridized carbons (Fsp3) is 0.500. The van der Waals surface area contributed by atoms with Crippen molar-refractivity contribution in [2.45, 2.75) is 31.5 Å². The van der Waals surface area contributed by atoms with Gasteiger partial charge in [-0.1, -0.05) is 6.07 Å². The van der Waals surface area contributed by atoms with Crippen LogP contribution in [0.2, 0.25) is 0 Å². The van der Waals surface area contributed by atoms with Crippen LogP contribution in [0.5, 0.6) is 0 Å². The Morgan fingerprint density at radius 3 is 2.25 bits per heavy atom. The van der Waals surface area contributed by atoms with Gasteiger partial charge < -0.3 is 14.4 Å². The van der Waals surface area contributed by atoms with E-state index >= 15 is 0 Å². The molecule has 0 unspecified atom stereocenters. The average Bonchev–Trinajstić information content (AvgIpc) is 3.43. The molecule has 0 saturated carbocycles. The van der Waals surface area contributed by atoms with Crippen molar-refractivity contribution in [3.63, 3.8) is 0 Å². The summed E-state index contributed by atoms with van der Waals surface area (Å²) in [6.45, 7) is 1.37. The summed E-state index contributed by atoms with van der Waals surface area (Å²) in [6.07, 6.45) is -8.38. The molecule has 0 aliphatic carbocycles. The zero-order chi connectivity index (χ0) is 23.1. The summed E-state index contributed by atoms with van der Waals surface area (Å²) >= 11 is 0. The number of nitrogens with zero attached hydrogens (tertiary/aromatic N) is 3. The first-order valence-electron chi connectivity index (χ1n) is 9.91. The number of rotatable bonds is 3. The van der Waals surface area contributed by atoms with E-state index in [1.165, 1.54) is 4.90 Å². The predicted octanol–water partition coefficient (Wildman–Crippen LogP) is 4.14. The molecule has 6 nitrogen and oxygen atoms in total. The second kappa shape index (κ2) is 8.39. The number of carbonyl (C=O) groups is 1. The zero-order valence-electron chi connectivity index (χ0n) is 16.6. The van der Waals surface area contributed by atoms with Crippen molar-refractivity contribution in [1.82, 2.24) is 14.7 Å². The van der Waals surface area contributed by atoms with Gasteiger partial charge in [0.2, 0.25) is 0 Å². The number of benzene rings is 1. The maximum Gasteiger partial charge on any atom is 0.434 e. The molecule has 2 aromatic rings. The van der Waals surface area contributed by atoms with Crippen LogP contribution in [-0.2, 0) is 21.8 Å². The molecule has 3 heterocycles. The van der Waals surface area contributed by atoms with Crippen molar-refractivity contribution < 1.29 is 40.6 Å². The van der Waals surface area contributed by atoms with Gasteiger partial charge >= 0.3 is 12.4 Å².